The summed E-state index contributed by atoms with van der Waals surface area (Å²) < 4.78 is 5.49. The predicted molar refractivity (Wildman–Crippen MR) is 51.3 cm³/mol. The molecule has 1 saturated heterocycles. The number of amides is 1. The van der Waals surface area contributed by atoms with E-state index in [-0.39, 0.29) is 29.9 Å². The quantitative estimate of drug-likeness (QED) is 0.537. The van der Waals surface area contributed by atoms with Crippen molar-refractivity contribution in [3.8, 4) is 0 Å². The van der Waals surface area contributed by atoms with Crippen molar-refractivity contribution < 1.29 is 9.53 Å². The maximum atomic E-state index is 11.6. The van der Waals surface area contributed by atoms with Crippen LogP contribution in [-0.2, 0) is 4.74 Å². The second-order valence-electron chi connectivity index (χ2n) is 4.10. The standard InChI is InChI=1S/C8H12N6O2/c9-4-3-1-2-16-6(3)5(4)10-8(15)7-11-13-14-12-7/h3-6H,1-2,9H2,(H,10,15)(H,11,12,13,14). The molecule has 0 radical (unpaired) electrons. The Morgan fingerprint density at radius 2 is 2.50 bits per heavy atom. The Morgan fingerprint density at radius 1 is 1.62 bits per heavy atom. The number of H-pyrrole nitrogens is 1. The Morgan fingerprint density at radius 3 is 3.25 bits per heavy atom. The number of rotatable bonds is 2. The van der Waals surface area contributed by atoms with Crippen LogP contribution < -0.4 is 11.1 Å². The average Bonchev–Trinajstić information content (AvgIpc) is 2.94. The number of hydrogen-bond donors (Lipinski definition) is 3. The normalized spacial score (nSPS) is 36.6. The van der Waals surface area contributed by atoms with Crippen LogP contribution in [0, 0.1) is 5.92 Å². The third-order valence-corrected chi connectivity index (χ3v) is 3.29. The van der Waals surface area contributed by atoms with Gasteiger partial charge in [0.05, 0.1) is 12.1 Å². The fraction of sp³-hybridized carbons (Fsp3) is 0.750. The third kappa shape index (κ3) is 1.30. The second kappa shape index (κ2) is 3.49. The molecule has 4 N–H and O–H groups in total. The van der Waals surface area contributed by atoms with Gasteiger partial charge in [-0.2, -0.15) is 5.21 Å². The molecule has 2 fully saturated rings. The molecule has 0 spiro atoms. The topological polar surface area (TPSA) is 119 Å². The molecule has 8 heteroatoms. The molecule has 86 valence electrons. The zero-order valence-electron chi connectivity index (χ0n) is 8.46. The number of tetrazole rings is 1. The van der Waals surface area contributed by atoms with Gasteiger partial charge in [-0.05, 0) is 11.6 Å². The minimum Gasteiger partial charge on any atom is -0.376 e. The fourth-order valence-corrected chi connectivity index (χ4v) is 2.40. The molecule has 4 atom stereocenters. The zero-order valence-corrected chi connectivity index (χ0v) is 8.46. The van der Waals surface area contributed by atoms with Crippen molar-refractivity contribution in [3.05, 3.63) is 5.82 Å². The lowest BCUT2D eigenvalue weighted by atomic mass is 9.72. The van der Waals surface area contributed by atoms with Gasteiger partial charge < -0.3 is 15.8 Å². The van der Waals surface area contributed by atoms with Crippen LogP contribution in [-0.4, -0.2) is 51.3 Å². The van der Waals surface area contributed by atoms with Crippen molar-refractivity contribution in [1.29, 1.82) is 0 Å². The van der Waals surface area contributed by atoms with Crippen molar-refractivity contribution in [2.45, 2.75) is 24.6 Å². The summed E-state index contributed by atoms with van der Waals surface area (Å²) in [6, 6.07) is -0.179. The summed E-state index contributed by atoms with van der Waals surface area (Å²) in [5, 5.41) is 15.5. The lowest BCUT2D eigenvalue weighted by molar-refractivity contribution is -0.0162. The summed E-state index contributed by atoms with van der Waals surface area (Å²) in [6.07, 6.45) is 1.02. The second-order valence-corrected chi connectivity index (χ2v) is 4.10. The molecule has 1 saturated carbocycles. The Bertz CT molecular complexity index is 393. The van der Waals surface area contributed by atoms with Crippen LogP contribution >= 0.6 is 0 Å². The van der Waals surface area contributed by atoms with Gasteiger partial charge in [-0.1, -0.05) is 0 Å². The highest BCUT2D eigenvalue weighted by Gasteiger charge is 2.52. The Labute approximate surface area is 90.9 Å². The summed E-state index contributed by atoms with van der Waals surface area (Å²) in [5.41, 5.74) is 5.95. The number of ether oxygens (including phenoxy) is 1. The van der Waals surface area contributed by atoms with E-state index in [1.54, 1.807) is 0 Å². The maximum Gasteiger partial charge on any atom is 0.293 e. The molecule has 4 unspecified atom stereocenters. The molecule has 1 aromatic heterocycles. The number of carbonyl (C=O) groups is 1. The summed E-state index contributed by atoms with van der Waals surface area (Å²) in [7, 11) is 0. The van der Waals surface area contributed by atoms with E-state index in [9.17, 15) is 4.79 Å². The molecule has 2 aliphatic rings. The Balaban J connectivity index is 1.65. The number of nitrogens with two attached hydrogens (primary N) is 1. The van der Waals surface area contributed by atoms with Gasteiger partial charge in [0.2, 0.25) is 0 Å². The Kier molecular flexibility index (Phi) is 2.11. The summed E-state index contributed by atoms with van der Waals surface area (Å²) in [5.74, 6) is 0.0207. The number of aromatic amines is 1. The molecule has 3 rings (SSSR count). The first-order valence-electron chi connectivity index (χ1n) is 5.19. The van der Waals surface area contributed by atoms with Crippen LogP contribution in [0.3, 0.4) is 0 Å². The molecule has 2 heterocycles. The van der Waals surface area contributed by atoms with Crippen LogP contribution in [0.5, 0.6) is 0 Å². The highest BCUT2D eigenvalue weighted by Crippen LogP contribution is 2.37. The molecule has 1 amide bonds. The van der Waals surface area contributed by atoms with Gasteiger partial charge >= 0.3 is 0 Å². The monoisotopic (exact) mass is 224 g/mol. The van der Waals surface area contributed by atoms with Gasteiger partial charge in [-0.3, -0.25) is 4.79 Å². The molecule has 16 heavy (non-hydrogen) atoms. The molecule has 8 nitrogen and oxygen atoms in total. The number of carbonyl (C=O) groups excluding carboxylic acids is 1. The molecule has 0 bridgehead atoms. The fourth-order valence-electron chi connectivity index (χ4n) is 2.40. The maximum absolute atomic E-state index is 11.6. The van der Waals surface area contributed by atoms with Gasteiger partial charge in [0.1, 0.15) is 0 Å². The van der Waals surface area contributed by atoms with E-state index in [1.807, 2.05) is 0 Å². The molecule has 1 aromatic rings. The first kappa shape index (κ1) is 9.67. The van der Waals surface area contributed by atoms with E-state index in [4.69, 9.17) is 10.5 Å². The summed E-state index contributed by atoms with van der Waals surface area (Å²) in [6.45, 7) is 0.720. The minimum atomic E-state index is -0.372. The van der Waals surface area contributed by atoms with Crippen molar-refractivity contribution in [3.63, 3.8) is 0 Å². The summed E-state index contributed by atoms with van der Waals surface area (Å²) >= 11 is 0. The number of nitrogens with one attached hydrogen (secondary N) is 2. The molecule has 1 aliphatic heterocycles. The molecule has 1 aliphatic carbocycles. The van der Waals surface area contributed by atoms with Gasteiger partial charge in [0.25, 0.3) is 11.7 Å². The first-order valence-corrected chi connectivity index (χ1v) is 5.19. The zero-order chi connectivity index (χ0) is 11.1. The van der Waals surface area contributed by atoms with Crippen LogP contribution in [0.1, 0.15) is 17.0 Å². The van der Waals surface area contributed by atoms with Gasteiger partial charge in [-0.15, -0.1) is 10.2 Å². The van der Waals surface area contributed by atoms with Gasteiger partial charge in [-0.25, -0.2) is 0 Å². The Hall–Kier alpha value is -1.54. The van der Waals surface area contributed by atoms with Crippen LogP contribution in [0.2, 0.25) is 0 Å². The molecular formula is C8H12N6O2. The van der Waals surface area contributed by atoms with E-state index in [0.717, 1.165) is 13.0 Å². The van der Waals surface area contributed by atoms with E-state index in [2.05, 4.69) is 25.9 Å². The molecular weight excluding hydrogens is 212 g/mol. The highest BCUT2D eigenvalue weighted by atomic mass is 16.5. The molecule has 0 aromatic carbocycles. The lowest BCUT2D eigenvalue weighted by Gasteiger charge is -2.45. The van der Waals surface area contributed by atoms with Crippen molar-refractivity contribution in [2.75, 3.05) is 6.61 Å². The number of fused-ring (bicyclic) bond motifs is 1. The summed E-state index contributed by atoms with van der Waals surface area (Å²) in [4.78, 5) is 11.6. The van der Waals surface area contributed by atoms with E-state index < -0.39 is 0 Å². The van der Waals surface area contributed by atoms with Gasteiger partial charge in [0, 0.05) is 18.6 Å². The van der Waals surface area contributed by atoms with E-state index in [0.29, 0.717) is 5.92 Å². The third-order valence-electron chi connectivity index (χ3n) is 3.29. The van der Waals surface area contributed by atoms with E-state index in [1.165, 1.54) is 0 Å². The van der Waals surface area contributed by atoms with Crippen LogP contribution in [0.15, 0.2) is 0 Å². The number of aromatic nitrogens is 4. The van der Waals surface area contributed by atoms with Crippen LogP contribution in [0.25, 0.3) is 0 Å². The van der Waals surface area contributed by atoms with Crippen molar-refractivity contribution in [1.82, 2.24) is 25.9 Å². The lowest BCUT2D eigenvalue weighted by Crippen LogP contribution is -2.69. The highest BCUT2D eigenvalue weighted by molar-refractivity contribution is 5.90. The predicted octanol–water partition coefficient (Wildman–Crippen LogP) is -1.96. The van der Waals surface area contributed by atoms with Crippen LogP contribution in [0.4, 0.5) is 0 Å². The van der Waals surface area contributed by atoms with Crippen molar-refractivity contribution in [2.24, 2.45) is 11.7 Å². The first-order chi connectivity index (χ1) is 7.77. The van der Waals surface area contributed by atoms with E-state index >= 15 is 0 Å². The SMILES string of the molecule is NC1C2CCOC2C1NC(=O)c1nn[nH]n1. The average molecular weight is 224 g/mol. The van der Waals surface area contributed by atoms with Gasteiger partial charge in [0.15, 0.2) is 0 Å². The smallest absolute Gasteiger partial charge is 0.293 e. The van der Waals surface area contributed by atoms with Crippen molar-refractivity contribution >= 4 is 5.91 Å². The largest absolute Gasteiger partial charge is 0.376 e. The number of nitrogens with zero attached hydrogens (tertiary/aromatic N) is 3. The number of hydrogen-bond acceptors (Lipinski definition) is 6. The minimum absolute atomic E-state index is 0.0219.